The molecular formula is C12H22N2O2. The van der Waals surface area contributed by atoms with Gasteiger partial charge in [0.05, 0.1) is 12.0 Å². The van der Waals surface area contributed by atoms with Crippen molar-refractivity contribution in [2.45, 2.75) is 44.8 Å². The quantitative estimate of drug-likeness (QED) is 0.633. The number of hydrogen-bond acceptors (Lipinski definition) is 3. The fourth-order valence-corrected chi connectivity index (χ4v) is 2.76. The maximum absolute atomic E-state index is 12.0. The fourth-order valence-electron chi connectivity index (χ4n) is 2.76. The lowest BCUT2D eigenvalue weighted by atomic mass is 9.91. The van der Waals surface area contributed by atoms with Crippen LogP contribution < -0.4 is 10.6 Å². The van der Waals surface area contributed by atoms with Crippen LogP contribution >= 0.6 is 0 Å². The molecule has 1 saturated carbocycles. The highest BCUT2D eigenvalue weighted by Crippen LogP contribution is 2.20. The highest BCUT2D eigenvalue weighted by molar-refractivity contribution is 5.79. The highest BCUT2D eigenvalue weighted by atomic mass is 16.3. The molecule has 0 aromatic carbocycles. The van der Waals surface area contributed by atoms with E-state index in [0.29, 0.717) is 5.92 Å². The van der Waals surface area contributed by atoms with Crippen molar-refractivity contribution in [1.82, 2.24) is 10.6 Å². The van der Waals surface area contributed by atoms with E-state index in [1.54, 1.807) is 0 Å². The largest absolute Gasteiger partial charge is 0.393 e. The van der Waals surface area contributed by atoms with E-state index in [-0.39, 0.29) is 24.0 Å². The number of hydrogen-bond donors (Lipinski definition) is 3. The van der Waals surface area contributed by atoms with Crippen LogP contribution in [0.4, 0.5) is 0 Å². The maximum atomic E-state index is 12.0. The first-order valence-electron chi connectivity index (χ1n) is 6.36. The summed E-state index contributed by atoms with van der Waals surface area (Å²) in [4.78, 5) is 12.0. The number of rotatable bonds is 2. The SMILES string of the molecule is CC1CNCC1C(=O)NC1CCCC(O)C1. The van der Waals surface area contributed by atoms with Crippen LogP contribution in [0.15, 0.2) is 0 Å². The second-order valence-electron chi connectivity index (χ2n) is 5.27. The molecule has 4 unspecified atom stereocenters. The lowest BCUT2D eigenvalue weighted by Gasteiger charge is -2.28. The van der Waals surface area contributed by atoms with Crippen LogP contribution in [-0.4, -0.2) is 36.2 Å². The van der Waals surface area contributed by atoms with Crippen LogP contribution in [0.5, 0.6) is 0 Å². The molecule has 2 fully saturated rings. The zero-order valence-electron chi connectivity index (χ0n) is 9.91. The van der Waals surface area contributed by atoms with Crippen LogP contribution in [0.3, 0.4) is 0 Å². The Balaban J connectivity index is 1.82. The van der Waals surface area contributed by atoms with Crippen molar-refractivity contribution in [3.05, 3.63) is 0 Å². The molecular weight excluding hydrogens is 204 g/mol. The Hall–Kier alpha value is -0.610. The smallest absolute Gasteiger partial charge is 0.224 e. The van der Waals surface area contributed by atoms with Gasteiger partial charge in [-0.2, -0.15) is 0 Å². The van der Waals surface area contributed by atoms with Gasteiger partial charge in [-0.05, 0) is 38.1 Å². The zero-order valence-corrected chi connectivity index (χ0v) is 9.91. The number of carbonyl (C=O) groups is 1. The molecule has 4 atom stereocenters. The third-order valence-corrected chi connectivity index (χ3v) is 3.85. The van der Waals surface area contributed by atoms with Gasteiger partial charge in [-0.15, -0.1) is 0 Å². The van der Waals surface area contributed by atoms with Gasteiger partial charge in [0.25, 0.3) is 0 Å². The summed E-state index contributed by atoms with van der Waals surface area (Å²) in [7, 11) is 0. The highest BCUT2D eigenvalue weighted by Gasteiger charge is 2.31. The molecule has 1 heterocycles. The minimum Gasteiger partial charge on any atom is -0.393 e. The molecule has 4 heteroatoms. The van der Waals surface area contributed by atoms with E-state index in [9.17, 15) is 9.90 Å². The number of nitrogens with one attached hydrogen (secondary N) is 2. The molecule has 2 rings (SSSR count). The molecule has 4 nitrogen and oxygen atoms in total. The summed E-state index contributed by atoms with van der Waals surface area (Å²) in [5, 5.41) is 15.9. The van der Waals surface area contributed by atoms with Crippen LogP contribution in [0, 0.1) is 11.8 Å². The average molecular weight is 226 g/mol. The first-order chi connectivity index (χ1) is 7.66. The van der Waals surface area contributed by atoms with Crippen molar-refractivity contribution >= 4 is 5.91 Å². The van der Waals surface area contributed by atoms with Gasteiger partial charge in [-0.25, -0.2) is 0 Å². The molecule has 0 radical (unpaired) electrons. The van der Waals surface area contributed by atoms with Crippen LogP contribution in [0.1, 0.15) is 32.6 Å². The molecule has 92 valence electrons. The van der Waals surface area contributed by atoms with Gasteiger partial charge in [-0.1, -0.05) is 6.92 Å². The van der Waals surface area contributed by atoms with E-state index in [1.807, 2.05) is 0 Å². The molecule has 2 aliphatic rings. The van der Waals surface area contributed by atoms with Gasteiger partial charge in [0.15, 0.2) is 0 Å². The molecule has 0 bridgehead atoms. The van der Waals surface area contributed by atoms with Crippen LogP contribution in [0.2, 0.25) is 0 Å². The van der Waals surface area contributed by atoms with Gasteiger partial charge in [-0.3, -0.25) is 4.79 Å². The number of carbonyl (C=O) groups excluding carboxylic acids is 1. The Morgan fingerprint density at radius 2 is 2.19 bits per heavy atom. The van der Waals surface area contributed by atoms with E-state index in [4.69, 9.17) is 0 Å². The number of aliphatic hydroxyl groups is 1. The lowest BCUT2D eigenvalue weighted by molar-refractivity contribution is -0.126. The molecule has 1 aliphatic heterocycles. The monoisotopic (exact) mass is 226 g/mol. The summed E-state index contributed by atoms with van der Waals surface area (Å²) in [6.07, 6.45) is 3.41. The maximum Gasteiger partial charge on any atom is 0.224 e. The Labute approximate surface area is 96.8 Å². The number of amides is 1. The predicted molar refractivity (Wildman–Crippen MR) is 61.9 cm³/mol. The van der Waals surface area contributed by atoms with Gasteiger partial charge in [0, 0.05) is 12.6 Å². The first kappa shape index (κ1) is 11.9. The normalized spacial score (nSPS) is 39.6. The summed E-state index contributed by atoms with van der Waals surface area (Å²) in [5.41, 5.74) is 0. The third kappa shape index (κ3) is 2.74. The summed E-state index contributed by atoms with van der Waals surface area (Å²) >= 11 is 0. The van der Waals surface area contributed by atoms with E-state index < -0.39 is 0 Å². The van der Waals surface area contributed by atoms with Gasteiger partial charge in [0.2, 0.25) is 5.91 Å². The predicted octanol–water partition coefficient (Wildman–Crippen LogP) is 0.262. The van der Waals surface area contributed by atoms with E-state index >= 15 is 0 Å². The second-order valence-corrected chi connectivity index (χ2v) is 5.27. The van der Waals surface area contributed by atoms with E-state index in [1.165, 1.54) is 0 Å². The Morgan fingerprint density at radius 1 is 1.38 bits per heavy atom. The molecule has 0 aromatic heterocycles. The minimum atomic E-state index is -0.224. The first-order valence-corrected chi connectivity index (χ1v) is 6.36. The topological polar surface area (TPSA) is 61.4 Å². The molecule has 1 amide bonds. The molecule has 3 N–H and O–H groups in total. The molecule has 16 heavy (non-hydrogen) atoms. The summed E-state index contributed by atoms with van der Waals surface area (Å²) in [5.74, 6) is 0.698. The average Bonchev–Trinajstić information content (AvgIpc) is 2.64. The van der Waals surface area contributed by atoms with Crippen molar-refractivity contribution in [2.75, 3.05) is 13.1 Å². The van der Waals surface area contributed by atoms with E-state index in [0.717, 1.165) is 38.8 Å². The van der Waals surface area contributed by atoms with Crippen molar-refractivity contribution in [2.24, 2.45) is 11.8 Å². The van der Waals surface area contributed by atoms with Crippen molar-refractivity contribution in [1.29, 1.82) is 0 Å². The van der Waals surface area contributed by atoms with Gasteiger partial charge in [0.1, 0.15) is 0 Å². The summed E-state index contributed by atoms with van der Waals surface area (Å²) < 4.78 is 0. The standard InChI is InChI=1S/C12H22N2O2/c1-8-6-13-7-11(8)12(16)14-9-3-2-4-10(15)5-9/h8-11,13,15H,2-7H2,1H3,(H,14,16). The minimum absolute atomic E-state index is 0.110. The van der Waals surface area contributed by atoms with Crippen LogP contribution in [0.25, 0.3) is 0 Å². The third-order valence-electron chi connectivity index (χ3n) is 3.85. The lowest BCUT2D eigenvalue weighted by Crippen LogP contribution is -2.44. The Kier molecular flexibility index (Phi) is 3.82. The second kappa shape index (κ2) is 5.15. The summed E-state index contributed by atoms with van der Waals surface area (Å²) in [6.45, 7) is 3.84. The van der Waals surface area contributed by atoms with Crippen molar-refractivity contribution in [3.8, 4) is 0 Å². The van der Waals surface area contributed by atoms with Crippen molar-refractivity contribution < 1.29 is 9.90 Å². The fraction of sp³-hybridized carbons (Fsp3) is 0.917. The molecule has 1 aliphatic carbocycles. The van der Waals surface area contributed by atoms with Crippen molar-refractivity contribution in [3.63, 3.8) is 0 Å². The van der Waals surface area contributed by atoms with E-state index in [2.05, 4.69) is 17.6 Å². The molecule has 0 spiro atoms. The van der Waals surface area contributed by atoms with Gasteiger partial charge < -0.3 is 15.7 Å². The summed E-state index contributed by atoms with van der Waals surface area (Å²) in [6, 6.07) is 0.184. The number of aliphatic hydroxyl groups excluding tert-OH is 1. The zero-order chi connectivity index (χ0) is 11.5. The van der Waals surface area contributed by atoms with Crippen LogP contribution in [-0.2, 0) is 4.79 Å². The molecule has 1 saturated heterocycles. The molecule has 0 aromatic rings. The Morgan fingerprint density at radius 3 is 2.81 bits per heavy atom. The van der Waals surface area contributed by atoms with Gasteiger partial charge >= 0.3 is 0 Å². The Bertz CT molecular complexity index is 257.